The van der Waals surface area contributed by atoms with Gasteiger partial charge in [-0.2, -0.15) is 0 Å². The highest BCUT2D eigenvalue weighted by Gasteiger charge is 2.17. The Morgan fingerprint density at radius 3 is 2.57 bits per heavy atom. The lowest BCUT2D eigenvalue weighted by Crippen LogP contribution is -2.02. The third-order valence-electron chi connectivity index (χ3n) is 3.16. The second-order valence-corrected chi connectivity index (χ2v) is 6.15. The minimum absolute atomic E-state index is 0.0756. The number of rotatable bonds is 2. The molecular weight excluding hydrogens is 334 g/mol. The van der Waals surface area contributed by atoms with Crippen LogP contribution in [-0.2, 0) is 0 Å². The molecular formula is C15H10Cl3FN2. The van der Waals surface area contributed by atoms with Crippen molar-refractivity contribution >= 4 is 45.8 Å². The number of nitrogens with zero attached hydrogens (tertiary/aromatic N) is 2. The van der Waals surface area contributed by atoms with E-state index in [0.29, 0.717) is 22.1 Å². The number of alkyl halides is 1. The second kappa shape index (κ2) is 5.48. The molecule has 0 radical (unpaired) electrons. The van der Waals surface area contributed by atoms with E-state index in [2.05, 4.69) is 4.98 Å². The molecule has 21 heavy (non-hydrogen) atoms. The first-order valence-corrected chi connectivity index (χ1v) is 7.44. The molecule has 3 rings (SSSR count). The molecule has 0 amide bonds. The van der Waals surface area contributed by atoms with Gasteiger partial charge in [-0.15, -0.1) is 11.6 Å². The van der Waals surface area contributed by atoms with Crippen molar-refractivity contribution in [3.05, 3.63) is 58.1 Å². The summed E-state index contributed by atoms with van der Waals surface area (Å²) < 4.78 is 15.6. The van der Waals surface area contributed by atoms with Gasteiger partial charge in [-0.05, 0) is 43.3 Å². The van der Waals surface area contributed by atoms with E-state index in [-0.39, 0.29) is 10.4 Å². The SMILES string of the molecule is CC(Cl)c1nc2cc(Cl)ccc2n1-c1ccc(Cl)c(F)c1. The van der Waals surface area contributed by atoms with Crippen LogP contribution in [-0.4, -0.2) is 9.55 Å². The fourth-order valence-electron chi connectivity index (χ4n) is 2.23. The van der Waals surface area contributed by atoms with Gasteiger partial charge in [0.25, 0.3) is 0 Å². The molecule has 0 N–H and O–H groups in total. The number of hydrogen-bond acceptors (Lipinski definition) is 1. The molecule has 3 aromatic rings. The van der Waals surface area contributed by atoms with Crippen molar-refractivity contribution < 1.29 is 4.39 Å². The second-order valence-electron chi connectivity index (χ2n) is 4.65. The Bertz CT molecular complexity index is 827. The summed E-state index contributed by atoms with van der Waals surface area (Å²) in [5, 5.41) is 0.324. The summed E-state index contributed by atoms with van der Waals surface area (Å²) in [6, 6.07) is 9.95. The third kappa shape index (κ3) is 2.61. The van der Waals surface area contributed by atoms with E-state index in [1.807, 2.05) is 17.6 Å². The predicted molar refractivity (Wildman–Crippen MR) is 85.3 cm³/mol. The molecule has 0 spiro atoms. The van der Waals surface area contributed by atoms with Gasteiger partial charge in [0.2, 0.25) is 0 Å². The van der Waals surface area contributed by atoms with Gasteiger partial charge in [-0.25, -0.2) is 9.37 Å². The fourth-order valence-corrected chi connectivity index (χ4v) is 2.66. The molecule has 6 heteroatoms. The van der Waals surface area contributed by atoms with Gasteiger partial charge in [0.15, 0.2) is 0 Å². The van der Waals surface area contributed by atoms with Crippen molar-refractivity contribution in [2.45, 2.75) is 12.3 Å². The summed E-state index contributed by atoms with van der Waals surface area (Å²) >= 11 is 17.9. The average molecular weight is 344 g/mol. The topological polar surface area (TPSA) is 17.8 Å². The lowest BCUT2D eigenvalue weighted by atomic mass is 10.2. The molecule has 0 saturated carbocycles. The first kappa shape index (κ1) is 14.6. The fraction of sp³-hybridized carbons (Fsp3) is 0.133. The Hall–Kier alpha value is -1.29. The van der Waals surface area contributed by atoms with Crippen molar-refractivity contribution in [2.24, 2.45) is 0 Å². The number of benzene rings is 2. The Balaban J connectivity index is 2.33. The molecule has 0 fully saturated rings. The van der Waals surface area contributed by atoms with Crippen LogP contribution in [0.15, 0.2) is 36.4 Å². The maximum absolute atomic E-state index is 13.7. The van der Waals surface area contributed by atoms with E-state index in [9.17, 15) is 4.39 Å². The van der Waals surface area contributed by atoms with Crippen LogP contribution in [0.4, 0.5) is 4.39 Å². The lowest BCUT2D eigenvalue weighted by molar-refractivity contribution is 0.627. The summed E-state index contributed by atoms with van der Waals surface area (Å²) in [5.74, 6) is 0.133. The molecule has 2 aromatic carbocycles. The number of hydrogen-bond donors (Lipinski definition) is 0. The molecule has 0 saturated heterocycles. The third-order valence-corrected chi connectivity index (χ3v) is 3.90. The highest BCUT2D eigenvalue weighted by Crippen LogP contribution is 2.30. The first-order valence-electron chi connectivity index (χ1n) is 6.25. The number of imidazole rings is 1. The molecule has 1 atom stereocenters. The zero-order valence-electron chi connectivity index (χ0n) is 10.9. The van der Waals surface area contributed by atoms with E-state index in [0.717, 1.165) is 5.52 Å². The van der Waals surface area contributed by atoms with Gasteiger partial charge in [-0.1, -0.05) is 23.2 Å². The number of halogens is 4. The van der Waals surface area contributed by atoms with E-state index in [1.165, 1.54) is 12.1 Å². The summed E-state index contributed by atoms with van der Waals surface area (Å²) in [6.07, 6.45) is 0. The van der Waals surface area contributed by atoms with Crippen LogP contribution in [0.25, 0.3) is 16.7 Å². The Labute approximate surface area is 136 Å². The summed E-state index contributed by atoms with van der Waals surface area (Å²) in [4.78, 5) is 4.49. The highest BCUT2D eigenvalue weighted by atomic mass is 35.5. The van der Waals surface area contributed by atoms with E-state index >= 15 is 0 Å². The maximum Gasteiger partial charge on any atom is 0.143 e. The van der Waals surface area contributed by atoms with E-state index < -0.39 is 5.82 Å². The zero-order valence-corrected chi connectivity index (χ0v) is 13.2. The molecule has 1 unspecified atom stereocenters. The van der Waals surface area contributed by atoms with Crippen LogP contribution in [0.1, 0.15) is 18.1 Å². The largest absolute Gasteiger partial charge is 0.295 e. The van der Waals surface area contributed by atoms with Crippen molar-refractivity contribution in [1.29, 1.82) is 0 Å². The van der Waals surface area contributed by atoms with Gasteiger partial charge < -0.3 is 0 Å². The van der Waals surface area contributed by atoms with Gasteiger partial charge in [0.05, 0.1) is 27.1 Å². The lowest BCUT2D eigenvalue weighted by Gasteiger charge is -2.11. The van der Waals surface area contributed by atoms with Crippen LogP contribution in [0.3, 0.4) is 0 Å². The molecule has 1 heterocycles. The normalized spacial score (nSPS) is 12.8. The standard InChI is InChI=1S/C15H10Cl3FN2/c1-8(16)15-20-13-6-9(17)2-5-14(13)21(15)10-3-4-11(18)12(19)7-10/h2-8H,1H3. The van der Waals surface area contributed by atoms with Gasteiger partial charge in [0.1, 0.15) is 11.6 Å². The van der Waals surface area contributed by atoms with E-state index in [1.54, 1.807) is 18.2 Å². The van der Waals surface area contributed by atoms with Crippen LogP contribution in [0, 0.1) is 5.82 Å². The van der Waals surface area contributed by atoms with Gasteiger partial charge in [0, 0.05) is 5.02 Å². The van der Waals surface area contributed by atoms with Gasteiger partial charge in [-0.3, -0.25) is 4.57 Å². The van der Waals surface area contributed by atoms with Crippen molar-refractivity contribution in [3.63, 3.8) is 0 Å². The monoisotopic (exact) mass is 342 g/mol. The van der Waals surface area contributed by atoms with Crippen LogP contribution in [0.5, 0.6) is 0 Å². The molecule has 0 aliphatic rings. The molecule has 108 valence electrons. The van der Waals surface area contributed by atoms with Crippen LogP contribution in [0.2, 0.25) is 10.0 Å². The molecule has 0 bridgehead atoms. The minimum atomic E-state index is -0.488. The minimum Gasteiger partial charge on any atom is -0.295 e. The summed E-state index contributed by atoms with van der Waals surface area (Å²) in [7, 11) is 0. The number of fused-ring (bicyclic) bond motifs is 1. The maximum atomic E-state index is 13.7. The van der Waals surface area contributed by atoms with Crippen molar-refractivity contribution in [3.8, 4) is 5.69 Å². The Morgan fingerprint density at radius 1 is 1.14 bits per heavy atom. The average Bonchev–Trinajstić information content (AvgIpc) is 2.80. The molecule has 2 nitrogen and oxygen atoms in total. The molecule has 0 aliphatic carbocycles. The predicted octanol–water partition coefficient (Wildman–Crippen LogP) is 5.77. The van der Waals surface area contributed by atoms with E-state index in [4.69, 9.17) is 34.8 Å². The van der Waals surface area contributed by atoms with Crippen molar-refractivity contribution in [2.75, 3.05) is 0 Å². The van der Waals surface area contributed by atoms with Gasteiger partial charge >= 0.3 is 0 Å². The zero-order chi connectivity index (χ0) is 15.1. The number of aromatic nitrogens is 2. The highest BCUT2D eigenvalue weighted by molar-refractivity contribution is 6.31. The van der Waals surface area contributed by atoms with Crippen LogP contribution >= 0.6 is 34.8 Å². The van der Waals surface area contributed by atoms with Crippen molar-refractivity contribution in [1.82, 2.24) is 9.55 Å². The summed E-state index contributed by atoms with van der Waals surface area (Å²) in [5.41, 5.74) is 2.13. The quantitative estimate of drug-likeness (QED) is 0.540. The Kier molecular flexibility index (Phi) is 3.82. The molecule has 1 aromatic heterocycles. The smallest absolute Gasteiger partial charge is 0.143 e. The first-order chi connectivity index (χ1) is 9.97. The molecule has 0 aliphatic heterocycles. The summed E-state index contributed by atoms with van der Waals surface area (Å²) in [6.45, 7) is 1.81. The Morgan fingerprint density at radius 2 is 1.90 bits per heavy atom. The van der Waals surface area contributed by atoms with Crippen LogP contribution < -0.4 is 0 Å².